The number of aromatic nitrogens is 4. The van der Waals surface area contributed by atoms with Gasteiger partial charge in [-0.1, -0.05) is 6.07 Å². The summed E-state index contributed by atoms with van der Waals surface area (Å²) in [5.41, 5.74) is 7.31. The van der Waals surface area contributed by atoms with Crippen LogP contribution in [0.25, 0.3) is 11.0 Å². The second-order valence-corrected chi connectivity index (χ2v) is 9.88. The minimum absolute atomic E-state index is 0.142. The van der Waals surface area contributed by atoms with Crippen LogP contribution in [0.15, 0.2) is 41.6 Å². The molecule has 0 saturated heterocycles. The molecule has 0 aliphatic heterocycles. The number of nitrogens with zero attached hydrogens (tertiary/aromatic N) is 4. The lowest BCUT2D eigenvalue weighted by Gasteiger charge is -2.25. The zero-order chi connectivity index (χ0) is 21.1. The van der Waals surface area contributed by atoms with Gasteiger partial charge in [0, 0.05) is 24.5 Å². The Morgan fingerprint density at radius 1 is 1.20 bits per heavy atom. The average molecular weight is 431 g/mol. The zero-order valence-corrected chi connectivity index (χ0v) is 17.4. The molecule has 0 spiro atoms. The molecular weight excluding hydrogens is 404 g/mol. The fourth-order valence-corrected chi connectivity index (χ4v) is 4.88. The Kier molecular flexibility index (Phi) is 5.98. The molecule has 3 aromatic rings. The van der Waals surface area contributed by atoms with Crippen LogP contribution < -0.4 is 11.1 Å². The maximum absolute atomic E-state index is 12.2. The first kappa shape index (κ1) is 20.7. The van der Waals surface area contributed by atoms with E-state index in [1.165, 1.54) is 12.1 Å². The van der Waals surface area contributed by atoms with Gasteiger partial charge in [-0.2, -0.15) is 10.1 Å². The number of aliphatic hydroxyl groups excluding tert-OH is 1. The van der Waals surface area contributed by atoms with Crippen molar-refractivity contribution in [2.24, 2.45) is 11.7 Å². The Balaban J connectivity index is 1.54. The maximum atomic E-state index is 12.2. The molecule has 1 saturated carbocycles. The highest BCUT2D eigenvalue weighted by molar-refractivity contribution is 7.91. The van der Waals surface area contributed by atoms with E-state index in [1.54, 1.807) is 24.5 Å². The van der Waals surface area contributed by atoms with E-state index in [4.69, 9.17) is 10.8 Å². The molecule has 2 heterocycles. The summed E-state index contributed by atoms with van der Waals surface area (Å²) >= 11 is 0. The average Bonchev–Trinajstić information content (AvgIpc) is 3.12. The monoisotopic (exact) mass is 430 g/mol. The summed E-state index contributed by atoms with van der Waals surface area (Å²) in [4.78, 5) is 9.06. The van der Waals surface area contributed by atoms with E-state index in [9.17, 15) is 8.42 Å². The number of aliphatic hydroxyl groups is 1. The van der Waals surface area contributed by atoms with Gasteiger partial charge < -0.3 is 16.2 Å². The van der Waals surface area contributed by atoms with Crippen LogP contribution in [-0.2, 0) is 16.4 Å². The van der Waals surface area contributed by atoms with Crippen molar-refractivity contribution < 1.29 is 13.5 Å². The lowest BCUT2D eigenvalue weighted by atomic mass is 9.86. The van der Waals surface area contributed by atoms with E-state index in [0.29, 0.717) is 23.6 Å². The summed E-state index contributed by atoms with van der Waals surface area (Å²) in [5, 5.41) is 17.4. The fourth-order valence-electron chi connectivity index (χ4n) is 3.81. The van der Waals surface area contributed by atoms with Crippen LogP contribution >= 0.6 is 0 Å². The molecule has 1 aliphatic carbocycles. The highest BCUT2D eigenvalue weighted by atomic mass is 32.2. The van der Waals surface area contributed by atoms with Crippen molar-refractivity contribution in [2.45, 2.75) is 43.2 Å². The van der Waals surface area contributed by atoms with Crippen molar-refractivity contribution in [1.29, 1.82) is 0 Å². The third kappa shape index (κ3) is 4.61. The molecule has 0 bridgehead atoms. The second kappa shape index (κ2) is 8.66. The molecule has 1 aromatic carbocycles. The van der Waals surface area contributed by atoms with Gasteiger partial charge in [-0.15, -0.1) is 0 Å². The van der Waals surface area contributed by atoms with Gasteiger partial charge in [0.2, 0.25) is 5.95 Å². The smallest absolute Gasteiger partial charge is 0.229 e. The minimum atomic E-state index is -3.53. The van der Waals surface area contributed by atoms with Crippen LogP contribution in [0.4, 0.5) is 11.6 Å². The zero-order valence-electron chi connectivity index (χ0n) is 16.6. The predicted octanol–water partition coefficient (Wildman–Crippen LogP) is 1.85. The van der Waals surface area contributed by atoms with Crippen molar-refractivity contribution in [3.05, 3.63) is 36.7 Å². The molecule has 160 valence electrons. The van der Waals surface area contributed by atoms with Gasteiger partial charge in [-0.05, 0) is 49.8 Å². The molecule has 0 amide bonds. The minimum Gasteiger partial charge on any atom is -0.395 e. The molecule has 0 unspecified atom stereocenters. The summed E-state index contributed by atoms with van der Waals surface area (Å²) in [6, 6.07) is 6.72. The first-order valence-corrected chi connectivity index (χ1v) is 11.7. The molecule has 2 aromatic heterocycles. The quantitative estimate of drug-likeness (QED) is 0.517. The number of hydrogen-bond acceptors (Lipinski definition) is 8. The SMILES string of the molecule is N[C@H]1CC[C@H](Cn2ncc3cnc(Nc4cccc(S(=O)(=O)CCO)c4)nc32)CC1. The summed E-state index contributed by atoms with van der Waals surface area (Å²) in [6.07, 6.45) is 7.73. The predicted molar refractivity (Wildman–Crippen MR) is 114 cm³/mol. The molecule has 10 heteroatoms. The normalized spacial score (nSPS) is 19.8. The van der Waals surface area contributed by atoms with E-state index in [1.807, 2.05) is 4.68 Å². The first-order valence-electron chi connectivity index (χ1n) is 10.1. The molecule has 1 aliphatic rings. The summed E-state index contributed by atoms with van der Waals surface area (Å²) in [5.74, 6) is 0.587. The Hall–Kier alpha value is -2.56. The molecule has 0 atom stereocenters. The number of benzene rings is 1. The fraction of sp³-hybridized carbons (Fsp3) is 0.450. The number of hydrogen-bond donors (Lipinski definition) is 3. The highest BCUT2D eigenvalue weighted by Crippen LogP contribution is 2.26. The molecule has 30 heavy (non-hydrogen) atoms. The molecule has 4 N–H and O–H groups in total. The van der Waals surface area contributed by atoms with Gasteiger partial charge in [0.1, 0.15) is 0 Å². The number of anilines is 2. The van der Waals surface area contributed by atoms with Gasteiger partial charge in [0.25, 0.3) is 0 Å². The first-order chi connectivity index (χ1) is 14.4. The van der Waals surface area contributed by atoms with Crippen LogP contribution in [0.3, 0.4) is 0 Å². The molecule has 4 rings (SSSR count). The second-order valence-electron chi connectivity index (χ2n) is 7.78. The number of sulfone groups is 1. The largest absolute Gasteiger partial charge is 0.395 e. The Labute approximate surface area is 175 Å². The van der Waals surface area contributed by atoms with Crippen LogP contribution in [0, 0.1) is 5.92 Å². The van der Waals surface area contributed by atoms with Crippen LogP contribution in [-0.4, -0.2) is 51.7 Å². The molecular formula is C20H26N6O3S. The van der Waals surface area contributed by atoms with Crippen molar-refractivity contribution in [3.8, 4) is 0 Å². The molecule has 0 radical (unpaired) electrons. The van der Waals surface area contributed by atoms with E-state index in [2.05, 4.69) is 20.4 Å². The third-order valence-corrected chi connectivity index (χ3v) is 7.20. The maximum Gasteiger partial charge on any atom is 0.229 e. The van der Waals surface area contributed by atoms with E-state index < -0.39 is 16.4 Å². The standard InChI is InChI=1S/C20H26N6O3S/c21-16-6-4-14(5-7-16)13-26-19-15(12-23-26)11-22-20(25-19)24-17-2-1-3-18(10-17)30(28,29)9-8-27/h1-3,10-12,14,16,27H,4-9,13,21H2,(H,22,24,25)/t14-,16-. The van der Waals surface area contributed by atoms with Crippen LogP contribution in [0.1, 0.15) is 25.7 Å². The van der Waals surface area contributed by atoms with Crippen molar-refractivity contribution in [2.75, 3.05) is 17.7 Å². The van der Waals surface area contributed by atoms with Crippen molar-refractivity contribution in [1.82, 2.24) is 19.7 Å². The molecule has 9 nitrogen and oxygen atoms in total. The van der Waals surface area contributed by atoms with E-state index >= 15 is 0 Å². The lowest BCUT2D eigenvalue weighted by molar-refractivity contribution is 0.288. The summed E-state index contributed by atoms with van der Waals surface area (Å²) in [7, 11) is -3.53. The van der Waals surface area contributed by atoms with E-state index in [-0.39, 0.29) is 10.6 Å². The van der Waals surface area contributed by atoms with E-state index in [0.717, 1.165) is 43.3 Å². The topological polar surface area (TPSA) is 136 Å². The van der Waals surface area contributed by atoms with Gasteiger partial charge >= 0.3 is 0 Å². The highest BCUT2D eigenvalue weighted by Gasteiger charge is 2.20. The Bertz CT molecular complexity index is 1120. The van der Waals surface area contributed by atoms with Gasteiger partial charge in [0.15, 0.2) is 15.5 Å². The lowest BCUT2D eigenvalue weighted by Crippen LogP contribution is -2.28. The van der Waals surface area contributed by atoms with Gasteiger partial charge in [0.05, 0.1) is 28.8 Å². The number of rotatable bonds is 7. The molecule has 1 fully saturated rings. The van der Waals surface area contributed by atoms with Crippen molar-refractivity contribution >= 4 is 32.5 Å². The van der Waals surface area contributed by atoms with Gasteiger partial charge in [-0.3, -0.25) is 0 Å². The van der Waals surface area contributed by atoms with Crippen LogP contribution in [0.2, 0.25) is 0 Å². The number of nitrogens with one attached hydrogen (secondary N) is 1. The van der Waals surface area contributed by atoms with Crippen molar-refractivity contribution in [3.63, 3.8) is 0 Å². The summed E-state index contributed by atoms with van der Waals surface area (Å²) < 4.78 is 26.3. The summed E-state index contributed by atoms with van der Waals surface area (Å²) in [6.45, 7) is 0.373. The Morgan fingerprint density at radius 2 is 2.00 bits per heavy atom. The Morgan fingerprint density at radius 3 is 2.77 bits per heavy atom. The third-order valence-electron chi connectivity index (χ3n) is 5.51. The van der Waals surface area contributed by atoms with Gasteiger partial charge in [-0.25, -0.2) is 18.1 Å². The number of fused-ring (bicyclic) bond motifs is 1. The van der Waals surface area contributed by atoms with Crippen LogP contribution in [0.5, 0.6) is 0 Å². The number of nitrogens with two attached hydrogens (primary N) is 1.